The van der Waals surface area contributed by atoms with Crippen molar-refractivity contribution in [1.82, 2.24) is 15.4 Å². The highest BCUT2D eigenvalue weighted by molar-refractivity contribution is 14.0. The van der Waals surface area contributed by atoms with Gasteiger partial charge in [-0.2, -0.15) is 0 Å². The Balaban J connectivity index is 0.00000420. The van der Waals surface area contributed by atoms with Gasteiger partial charge >= 0.3 is 0 Å². The second kappa shape index (κ2) is 14.9. The first-order chi connectivity index (χ1) is 13.6. The Bertz CT molecular complexity index is 683. The molecule has 3 N–H and O–H groups in total. The Morgan fingerprint density at radius 1 is 1.21 bits per heavy atom. The van der Waals surface area contributed by atoms with Crippen LogP contribution in [0.4, 0.5) is 0 Å². The molecule has 1 saturated heterocycles. The highest BCUT2D eigenvalue weighted by Gasteiger charge is 2.17. The second-order valence-corrected chi connectivity index (χ2v) is 8.55. The first kappa shape index (κ1) is 26.1. The monoisotopic (exact) mass is 540 g/mol. The molecule has 1 atom stereocenters. The van der Waals surface area contributed by atoms with Crippen molar-refractivity contribution in [3.8, 4) is 0 Å². The molecule has 2 rings (SSSR count). The van der Waals surface area contributed by atoms with Crippen LogP contribution < -0.4 is 15.4 Å². The van der Waals surface area contributed by atoms with E-state index in [2.05, 4.69) is 20.3 Å². The third-order valence-corrected chi connectivity index (χ3v) is 5.69. The van der Waals surface area contributed by atoms with Crippen molar-refractivity contribution in [2.24, 2.45) is 4.99 Å². The molecular formula is C19H33IN4O4S. The van der Waals surface area contributed by atoms with E-state index in [-0.39, 0.29) is 42.4 Å². The topological polar surface area (TPSA) is 101 Å². The summed E-state index contributed by atoms with van der Waals surface area (Å²) in [7, 11) is -1.70. The second-order valence-electron chi connectivity index (χ2n) is 6.62. The zero-order valence-corrected chi connectivity index (χ0v) is 20.1. The smallest absolute Gasteiger partial charge is 0.213 e. The Morgan fingerprint density at radius 3 is 2.66 bits per heavy atom. The van der Waals surface area contributed by atoms with Crippen LogP contribution in [0.25, 0.3) is 0 Å². The summed E-state index contributed by atoms with van der Waals surface area (Å²) in [5, 5.41) is 6.11. The largest absolute Gasteiger partial charge is 0.377 e. The van der Waals surface area contributed by atoms with E-state index in [1.165, 1.54) is 0 Å². The van der Waals surface area contributed by atoms with Gasteiger partial charge in [-0.25, -0.2) is 13.1 Å². The number of guanidine groups is 1. The summed E-state index contributed by atoms with van der Waals surface area (Å²) >= 11 is 0. The maximum atomic E-state index is 12.1. The summed E-state index contributed by atoms with van der Waals surface area (Å²) in [6, 6.07) is 9.97. The van der Waals surface area contributed by atoms with E-state index in [4.69, 9.17) is 9.47 Å². The summed E-state index contributed by atoms with van der Waals surface area (Å²) in [5.74, 6) is 0.527. The lowest BCUT2D eigenvalue weighted by Gasteiger charge is -2.22. The van der Waals surface area contributed by atoms with Gasteiger partial charge in [-0.3, -0.25) is 4.99 Å². The molecule has 0 aromatic heterocycles. The molecule has 1 aromatic carbocycles. The van der Waals surface area contributed by atoms with Crippen LogP contribution in [0.2, 0.25) is 0 Å². The minimum Gasteiger partial charge on any atom is -0.377 e. The fraction of sp³-hybridized carbons (Fsp3) is 0.632. The third kappa shape index (κ3) is 11.7. The molecule has 8 nitrogen and oxygen atoms in total. The third-order valence-electron chi connectivity index (χ3n) is 4.34. The summed E-state index contributed by atoms with van der Waals surface area (Å²) in [6.07, 6.45) is 3.03. The molecule has 1 aromatic rings. The Labute approximate surface area is 191 Å². The van der Waals surface area contributed by atoms with Crippen LogP contribution in [0.3, 0.4) is 0 Å². The molecule has 1 unspecified atom stereocenters. The van der Waals surface area contributed by atoms with Crippen molar-refractivity contribution in [3.05, 3.63) is 35.9 Å². The summed E-state index contributed by atoms with van der Waals surface area (Å²) in [6.45, 7) is 2.99. The standard InChI is InChI=1S/C19H32N4O4S.HI/c1-20-19(21-10-13-26-16-17-7-3-2-4-8-17)22-11-14-28(24,25)23-15-18-9-5-6-12-27-18;/h2-4,7-8,18,23H,5-6,9-16H2,1H3,(H2,20,21,22);1H. The molecular weight excluding hydrogens is 507 g/mol. The van der Waals surface area contributed by atoms with E-state index >= 15 is 0 Å². The number of nitrogens with zero attached hydrogens (tertiary/aromatic N) is 1. The molecule has 0 aliphatic carbocycles. The van der Waals surface area contributed by atoms with Crippen LogP contribution in [0.15, 0.2) is 35.3 Å². The van der Waals surface area contributed by atoms with Gasteiger partial charge in [-0.05, 0) is 24.8 Å². The van der Waals surface area contributed by atoms with E-state index in [1.807, 2.05) is 30.3 Å². The van der Waals surface area contributed by atoms with E-state index in [0.29, 0.717) is 38.9 Å². The van der Waals surface area contributed by atoms with Crippen LogP contribution >= 0.6 is 24.0 Å². The zero-order chi connectivity index (χ0) is 20.1. The molecule has 1 aliphatic rings. The molecule has 10 heteroatoms. The van der Waals surface area contributed by atoms with Crippen LogP contribution in [0, 0.1) is 0 Å². The van der Waals surface area contributed by atoms with Gasteiger partial charge in [0.2, 0.25) is 10.0 Å². The summed E-state index contributed by atoms with van der Waals surface area (Å²) in [5.41, 5.74) is 1.13. The van der Waals surface area contributed by atoms with Gasteiger partial charge in [0.15, 0.2) is 5.96 Å². The van der Waals surface area contributed by atoms with Crippen molar-refractivity contribution < 1.29 is 17.9 Å². The van der Waals surface area contributed by atoms with Crippen molar-refractivity contribution in [1.29, 1.82) is 0 Å². The fourth-order valence-corrected chi connectivity index (χ4v) is 3.75. The van der Waals surface area contributed by atoms with E-state index in [0.717, 1.165) is 24.8 Å². The van der Waals surface area contributed by atoms with Crippen molar-refractivity contribution >= 4 is 40.0 Å². The quantitative estimate of drug-likeness (QED) is 0.170. The average molecular weight is 540 g/mol. The van der Waals surface area contributed by atoms with Gasteiger partial charge in [-0.15, -0.1) is 24.0 Å². The van der Waals surface area contributed by atoms with Gasteiger partial charge in [0.25, 0.3) is 0 Å². The Hall–Kier alpha value is -0.950. The summed E-state index contributed by atoms with van der Waals surface area (Å²) in [4.78, 5) is 4.09. The Morgan fingerprint density at radius 2 is 1.97 bits per heavy atom. The number of nitrogens with one attached hydrogen (secondary N) is 3. The van der Waals surface area contributed by atoms with Crippen LogP contribution in [0.5, 0.6) is 0 Å². The molecule has 1 aliphatic heterocycles. The SMILES string of the molecule is CN=C(NCCOCc1ccccc1)NCCS(=O)(=O)NCC1CCCCO1.I. The van der Waals surface area contributed by atoms with Crippen molar-refractivity contribution in [2.75, 3.05) is 45.6 Å². The number of sulfonamides is 1. The van der Waals surface area contributed by atoms with Gasteiger partial charge in [-0.1, -0.05) is 30.3 Å². The normalized spacial score (nSPS) is 17.4. The van der Waals surface area contributed by atoms with Crippen LogP contribution in [-0.4, -0.2) is 66.1 Å². The number of aliphatic imine (C=N–C) groups is 1. The van der Waals surface area contributed by atoms with Crippen molar-refractivity contribution in [2.45, 2.75) is 32.0 Å². The number of benzene rings is 1. The van der Waals surface area contributed by atoms with Gasteiger partial charge in [0, 0.05) is 33.3 Å². The maximum absolute atomic E-state index is 12.1. The van der Waals surface area contributed by atoms with Crippen LogP contribution in [-0.2, 0) is 26.1 Å². The first-order valence-corrected chi connectivity index (χ1v) is 11.4. The lowest BCUT2D eigenvalue weighted by Crippen LogP contribution is -2.43. The molecule has 29 heavy (non-hydrogen) atoms. The molecule has 0 bridgehead atoms. The van der Waals surface area contributed by atoms with Crippen molar-refractivity contribution in [3.63, 3.8) is 0 Å². The molecule has 1 heterocycles. The van der Waals surface area contributed by atoms with Crippen LogP contribution in [0.1, 0.15) is 24.8 Å². The Kier molecular flexibility index (Phi) is 13.4. The first-order valence-electron chi connectivity index (χ1n) is 9.74. The minimum absolute atomic E-state index is 0. The predicted molar refractivity (Wildman–Crippen MR) is 126 cm³/mol. The van der Waals surface area contributed by atoms with E-state index in [9.17, 15) is 8.42 Å². The van der Waals surface area contributed by atoms with Gasteiger partial charge in [0.1, 0.15) is 0 Å². The number of ether oxygens (including phenoxy) is 2. The molecule has 0 radical (unpaired) electrons. The fourth-order valence-electron chi connectivity index (χ4n) is 2.79. The van der Waals surface area contributed by atoms with E-state index < -0.39 is 10.0 Å². The maximum Gasteiger partial charge on any atom is 0.213 e. The zero-order valence-electron chi connectivity index (χ0n) is 16.9. The number of hydrogen-bond acceptors (Lipinski definition) is 5. The van der Waals surface area contributed by atoms with Gasteiger partial charge < -0.3 is 20.1 Å². The molecule has 1 fully saturated rings. The molecule has 166 valence electrons. The average Bonchev–Trinajstić information content (AvgIpc) is 2.72. The molecule has 0 saturated carbocycles. The van der Waals surface area contributed by atoms with E-state index in [1.54, 1.807) is 7.05 Å². The lowest BCUT2D eigenvalue weighted by atomic mass is 10.1. The number of hydrogen-bond donors (Lipinski definition) is 3. The molecule has 0 spiro atoms. The number of halogens is 1. The highest BCUT2D eigenvalue weighted by Crippen LogP contribution is 2.11. The van der Waals surface area contributed by atoms with Gasteiger partial charge in [0.05, 0.1) is 25.1 Å². The highest BCUT2D eigenvalue weighted by atomic mass is 127. The summed E-state index contributed by atoms with van der Waals surface area (Å²) < 4.78 is 37.9. The predicted octanol–water partition coefficient (Wildman–Crippen LogP) is 1.47. The molecule has 0 amide bonds. The lowest BCUT2D eigenvalue weighted by molar-refractivity contribution is 0.0200. The number of rotatable bonds is 11. The minimum atomic E-state index is -3.34.